The molecule has 0 aromatic carbocycles. The van der Waals surface area contributed by atoms with E-state index in [1.54, 1.807) is 6.07 Å². The standard InChI is InChI=1S/C13H16F3N3/c14-13(15,16)11-2-1-3-12(18-11)19-6-8-4-5-10(17)9(8)7-19/h1-3,8-10H,4-7,17H2. The van der Waals surface area contributed by atoms with Crippen LogP contribution >= 0.6 is 0 Å². The molecule has 6 heteroatoms. The number of nitrogens with two attached hydrogens (primary N) is 1. The van der Waals surface area contributed by atoms with Gasteiger partial charge in [0.15, 0.2) is 0 Å². The van der Waals surface area contributed by atoms with Crippen LogP contribution < -0.4 is 10.6 Å². The molecule has 1 aliphatic carbocycles. The number of alkyl halides is 3. The molecule has 1 saturated heterocycles. The van der Waals surface area contributed by atoms with E-state index in [1.165, 1.54) is 6.07 Å². The van der Waals surface area contributed by atoms with Gasteiger partial charge < -0.3 is 10.6 Å². The zero-order valence-corrected chi connectivity index (χ0v) is 10.4. The fourth-order valence-electron chi connectivity index (χ4n) is 3.25. The average molecular weight is 271 g/mol. The van der Waals surface area contributed by atoms with Crippen LogP contribution in [0.2, 0.25) is 0 Å². The molecule has 1 aromatic heterocycles. The number of aromatic nitrogens is 1. The molecule has 2 fully saturated rings. The highest BCUT2D eigenvalue weighted by molar-refractivity contribution is 5.41. The monoisotopic (exact) mass is 271 g/mol. The lowest BCUT2D eigenvalue weighted by Crippen LogP contribution is -2.30. The first-order valence-corrected chi connectivity index (χ1v) is 6.50. The summed E-state index contributed by atoms with van der Waals surface area (Å²) in [5.74, 6) is 1.32. The van der Waals surface area contributed by atoms with Crippen molar-refractivity contribution < 1.29 is 13.2 Å². The number of pyridine rings is 1. The quantitative estimate of drug-likeness (QED) is 0.852. The minimum Gasteiger partial charge on any atom is -0.356 e. The highest BCUT2D eigenvalue weighted by Crippen LogP contribution is 2.39. The fourth-order valence-corrected chi connectivity index (χ4v) is 3.25. The Kier molecular flexibility index (Phi) is 2.92. The largest absolute Gasteiger partial charge is 0.433 e. The van der Waals surface area contributed by atoms with E-state index in [4.69, 9.17) is 5.73 Å². The molecule has 1 aromatic rings. The number of nitrogens with zero attached hydrogens (tertiary/aromatic N) is 2. The van der Waals surface area contributed by atoms with Crippen molar-refractivity contribution >= 4 is 5.82 Å². The van der Waals surface area contributed by atoms with Gasteiger partial charge in [-0.2, -0.15) is 13.2 Å². The minimum absolute atomic E-state index is 0.181. The summed E-state index contributed by atoms with van der Waals surface area (Å²) in [6.07, 6.45) is -2.29. The Balaban J connectivity index is 1.81. The van der Waals surface area contributed by atoms with Crippen LogP contribution in [0.15, 0.2) is 18.2 Å². The van der Waals surface area contributed by atoms with Crippen molar-refractivity contribution in [1.82, 2.24) is 4.98 Å². The van der Waals surface area contributed by atoms with Gasteiger partial charge >= 0.3 is 6.18 Å². The number of anilines is 1. The van der Waals surface area contributed by atoms with Gasteiger partial charge in [0.1, 0.15) is 11.5 Å². The van der Waals surface area contributed by atoms with Crippen LogP contribution in [-0.4, -0.2) is 24.1 Å². The van der Waals surface area contributed by atoms with Gasteiger partial charge in [-0.25, -0.2) is 4.98 Å². The molecule has 3 nitrogen and oxygen atoms in total. The van der Waals surface area contributed by atoms with Crippen LogP contribution in [0.1, 0.15) is 18.5 Å². The van der Waals surface area contributed by atoms with Gasteiger partial charge in [-0.15, -0.1) is 0 Å². The van der Waals surface area contributed by atoms with Crippen LogP contribution in [0, 0.1) is 11.8 Å². The Bertz CT molecular complexity index is 474. The first-order valence-electron chi connectivity index (χ1n) is 6.50. The second-order valence-corrected chi connectivity index (χ2v) is 5.45. The van der Waals surface area contributed by atoms with Gasteiger partial charge in [0, 0.05) is 19.1 Å². The van der Waals surface area contributed by atoms with Crippen LogP contribution in [0.25, 0.3) is 0 Å². The molecule has 3 unspecified atom stereocenters. The zero-order valence-electron chi connectivity index (χ0n) is 10.4. The lowest BCUT2D eigenvalue weighted by atomic mass is 9.98. The van der Waals surface area contributed by atoms with Crippen LogP contribution in [-0.2, 0) is 6.18 Å². The molecule has 3 rings (SSSR count). The summed E-state index contributed by atoms with van der Waals surface area (Å²) in [5.41, 5.74) is 5.20. The Morgan fingerprint density at radius 1 is 1.21 bits per heavy atom. The Morgan fingerprint density at radius 2 is 2.00 bits per heavy atom. The van der Waals surface area contributed by atoms with Crippen LogP contribution in [0.4, 0.5) is 19.0 Å². The van der Waals surface area contributed by atoms with E-state index < -0.39 is 11.9 Å². The van der Waals surface area contributed by atoms with Gasteiger partial charge in [0.25, 0.3) is 0 Å². The topological polar surface area (TPSA) is 42.1 Å². The maximum absolute atomic E-state index is 12.6. The van der Waals surface area contributed by atoms with Crippen molar-refractivity contribution in [2.24, 2.45) is 17.6 Å². The predicted molar refractivity (Wildman–Crippen MR) is 65.6 cm³/mol. The maximum Gasteiger partial charge on any atom is 0.433 e. The summed E-state index contributed by atoms with van der Waals surface area (Å²) in [5, 5.41) is 0. The summed E-state index contributed by atoms with van der Waals surface area (Å²) < 4.78 is 37.9. The minimum atomic E-state index is -4.39. The van der Waals surface area contributed by atoms with E-state index in [0.717, 1.165) is 32.0 Å². The summed E-state index contributed by atoms with van der Waals surface area (Å²) >= 11 is 0. The summed E-state index contributed by atoms with van der Waals surface area (Å²) in [7, 11) is 0. The Morgan fingerprint density at radius 3 is 2.68 bits per heavy atom. The van der Waals surface area contributed by atoms with E-state index in [9.17, 15) is 13.2 Å². The van der Waals surface area contributed by atoms with Crippen molar-refractivity contribution in [1.29, 1.82) is 0 Å². The molecule has 104 valence electrons. The van der Waals surface area contributed by atoms with Gasteiger partial charge in [-0.05, 0) is 36.8 Å². The van der Waals surface area contributed by atoms with Crippen molar-refractivity contribution in [2.45, 2.75) is 25.1 Å². The average Bonchev–Trinajstić information content (AvgIpc) is 2.91. The number of halogens is 3. The third kappa shape index (κ3) is 2.29. The van der Waals surface area contributed by atoms with E-state index in [1.807, 2.05) is 4.90 Å². The van der Waals surface area contributed by atoms with E-state index in [-0.39, 0.29) is 6.04 Å². The molecule has 2 heterocycles. The molecule has 2 N–H and O–H groups in total. The molecule has 2 aliphatic rings. The van der Waals surface area contributed by atoms with E-state index in [0.29, 0.717) is 17.7 Å². The van der Waals surface area contributed by atoms with E-state index in [2.05, 4.69) is 4.98 Å². The molecule has 19 heavy (non-hydrogen) atoms. The first kappa shape index (κ1) is 12.7. The van der Waals surface area contributed by atoms with Crippen molar-refractivity contribution in [3.05, 3.63) is 23.9 Å². The highest BCUT2D eigenvalue weighted by Gasteiger charge is 2.41. The predicted octanol–water partition coefficient (Wildman–Crippen LogP) is 2.27. The third-order valence-electron chi connectivity index (χ3n) is 4.26. The van der Waals surface area contributed by atoms with Crippen molar-refractivity contribution in [3.63, 3.8) is 0 Å². The molecule has 0 radical (unpaired) electrons. The number of hydrogen-bond acceptors (Lipinski definition) is 3. The summed E-state index contributed by atoms with van der Waals surface area (Å²) in [6, 6.07) is 4.24. The molecule has 0 amide bonds. The normalized spacial score (nSPS) is 30.7. The summed E-state index contributed by atoms with van der Waals surface area (Å²) in [6.45, 7) is 1.49. The molecule has 1 aliphatic heterocycles. The molecule has 0 bridgehead atoms. The lowest BCUT2D eigenvalue weighted by molar-refractivity contribution is -0.141. The fraction of sp³-hybridized carbons (Fsp3) is 0.615. The van der Waals surface area contributed by atoms with Gasteiger partial charge in [-0.1, -0.05) is 6.07 Å². The summed E-state index contributed by atoms with van der Waals surface area (Å²) in [4.78, 5) is 5.67. The Labute approximate surface area is 109 Å². The molecular weight excluding hydrogens is 255 g/mol. The second-order valence-electron chi connectivity index (χ2n) is 5.45. The molecule has 1 saturated carbocycles. The first-order chi connectivity index (χ1) is 8.95. The number of fused-ring (bicyclic) bond motifs is 1. The molecule has 0 spiro atoms. The maximum atomic E-state index is 12.6. The lowest BCUT2D eigenvalue weighted by Gasteiger charge is -2.20. The number of hydrogen-bond donors (Lipinski definition) is 1. The molecular formula is C13H16F3N3. The Hall–Kier alpha value is -1.30. The van der Waals surface area contributed by atoms with Crippen molar-refractivity contribution in [3.8, 4) is 0 Å². The van der Waals surface area contributed by atoms with E-state index >= 15 is 0 Å². The van der Waals surface area contributed by atoms with Gasteiger partial charge in [0.2, 0.25) is 0 Å². The second kappa shape index (κ2) is 4.37. The number of rotatable bonds is 1. The van der Waals surface area contributed by atoms with Crippen LogP contribution in [0.5, 0.6) is 0 Å². The smallest absolute Gasteiger partial charge is 0.356 e. The van der Waals surface area contributed by atoms with Crippen LogP contribution in [0.3, 0.4) is 0 Å². The third-order valence-corrected chi connectivity index (χ3v) is 4.26. The van der Waals surface area contributed by atoms with Crippen molar-refractivity contribution in [2.75, 3.05) is 18.0 Å². The zero-order chi connectivity index (χ0) is 13.6. The van der Waals surface area contributed by atoms with Gasteiger partial charge in [0.05, 0.1) is 0 Å². The van der Waals surface area contributed by atoms with Gasteiger partial charge in [-0.3, -0.25) is 0 Å². The molecule has 3 atom stereocenters. The SMILES string of the molecule is NC1CCC2CN(c3cccc(C(F)(F)F)n3)CC12. The highest BCUT2D eigenvalue weighted by atomic mass is 19.4.